The molecule has 182 valence electrons. The molecule has 1 saturated carbocycles. The summed E-state index contributed by atoms with van der Waals surface area (Å²) in [6, 6.07) is 23.7. The van der Waals surface area contributed by atoms with E-state index in [-0.39, 0.29) is 24.6 Å². The molecule has 2 aliphatic rings. The molecule has 1 heterocycles. The number of nitrogens with zero attached hydrogens (tertiary/aromatic N) is 1. The number of benzene rings is 3. The molecular weight excluding hydrogens is 448 g/mol. The van der Waals surface area contributed by atoms with Crippen LogP contribution in [0.25, 0.3) is 11.1 Å². The standard InChI is InChI=1S/C31H30N2O3/c1-22-24(9-5-11-29(22)25-12-14-26(15-13-25)30(34)32-27-17-18-27)16-19-28-10-6-20-33(28)31(35)36-21-23-7-3-2-4-8-23/h2-5,7-9,11-15,27-28H,6,10,17-18,20-21H2,1H3,(H,32,34)/t28-/m0/s1. The zero-order valence-corrected chi connectivity index (χ0v) is 20.5. The molecular formula is C31H30N2O3. The van der Waals surface area contributed by atoms with Gasteiger partial charge in [0.05, 0.1) is 6.04 Å². The highest BCUT2D eigenvalue weighted by molar-refractivity contribution is 5.95. The molecule has 5 nitrogen and oxygen atoms in total. The Morgan fingerprint density at radius 1 is 0.972 bits per heavy atom. The summed E-state index contributed by atoms with van der Waals surface area (Å²) in [5, 5.41) is 3.03. The molecule has 0 spiro atoms. The van der Waals surface area contributed by atoms with E-state index >= 15 is 0 Å². The number of carbonyl (C=O) groups excluding carboxylic acids is 2. The van der Waals surface area contributed by atoms with E-state index in [2.05, 4.69) is 30.1 Å². The fourth-order valence-corrected chi connectivity index (χ4v) is 4.48. The van der Waals surface area contributed by atoms with Gasteiger partial charge < -0.3 is 10.1 Å². The molecule has 1 saturated heterocycles. The highest BCUT2D eigenvalue weighted by Gasteiger charge is 2.28. The van der Waals surface area contributed by atoms with Crippen LogP contribution in [0.5, 0.6) is 0 Å². The van der Waals surface area contributed by atoms with Crippen LogP contribution in [-0.2, 0) is 11.3 Å². The molecule has 1 aliphatic carbocycles. The fraction of sp³-hybridized carbons (Fsp3) is 0.290. The molecule has 2 amide bonds. The molecule has 1 atom stereocenters. The Morgan fingerprint density at radius 2 is 1.75 bits per heavy atom. The van der Waals surface area contributed by atoms with Crippen molar-refractivity contribution in [3.05, 3.63) is 95.1 Å². The van der Waals surface area contributed by atoms with Crippen LogP contribution in [0.3, 0.4) is 0 Å². The Balaban J connectivity index is 1.27. The average molecular weight is 479 g/mol. The molecule has 0 radical (unpaired) electrons. The van der Waals surface area contributed by atoms with Gasteiger partial charge in [0, 0.05) is 23.7 Å². The molecule has 0 unspecified atom stereocenters. The quantitative estimate of drug-likeness (QED) is 0.478. The van der Waals surface area contributed by atoms with E-state index < -0.39 is 0 Å². The van der Waals surface area contributed by atoms with Crippen molar-refractivity contribution >= 4 is 12.0 Å². The van der Waals surface area contributed by atoms with Crippen LogP contribution >= 0.6 is 0 Å². The minimum atomic E-state index is -0.313. The van der Waals surface area contributed by atoms with Crippen LogP contribution in [0.2, 0.25) is 0 Å². The Morgan fingerprint density at radius 3 is 2.50 bits per heavy atom. The molecule has 3 aromatic carbocycles. The first-order valence-corrected chi connectivity index (χ1v) is 12.6. The van der Waals surface area contributed by atoms with Crippen LogP contribution in [-0.4, -0.2) is 35.5 Å². The minimum Gasteiger partial charge on any atom is -0.445 e. The van der Waals surface area contributed by atoms with Gasteiger partial charge >= 0.3 is 6.09 Å². The van der Waals surface area contributed by atoms with Crippen molar-refractivity contribution in [1.82, 2.24) is 10.2 Å². The Kier molecular flexibility index (Phi) is 7.04. The van der Waals surface area contributed by atoms with E-state index in [1.54, 1.807) is 4.90 Å². The predicted molar refractivity (Wildman–Crippen MR) is 140 cm³/mol. The maximum absolute atomic E-state index is 12.7. The zero-order chi connectivity index (χ0) is 24.9. The van der Waals surface area contributed by atoms with Gasteiger partial charge in [0.1, 0.15) is 6.61 Å². The van der Waals surface area contributed by atoms with Crippen molar-refractivity contribution in [3.8, 4) is 23.0 Å². The SMILES string of the molecule is Cc1c(C#C[C@@H]2CCCN2C(=O)OCc2ccccc2)cccc1-c1ccc(C(=O)NC2CC2)cc1. The Hall–Kier alpha value is -4.04. The highest BCUT2D eigenvalue weighted by atomic mass is 16.6. The number of carbonyl (C=O) groups is 2. The summed E-state index contributed by atoms with van der Waals surface area (Å²) in [6.45, 7) is 2.98. The lowest BCUT2D eigenvalue weighted by molar-refractivity contribution is 0.0949. The van der Waals surface area contributed by atoms with Crippen LogP contribution in [0.15, 0.2) is 72.8 Å². The van der Waals surface area contributed by atoms with E-state index in [0.717, 1.165) is 53.5 Å². The average Bonchev–Trinajstić information content (AvgIpc) is 3.60. The number of ether oxygens (including phenoxy) is 1. The topological polar surface area (TPSA) is 58.6 Å². The monoisotopic (exact) mass is 478 g/mol. The Labute approximate surface area is 212 Å². The van der Waals surface area contributed by atoms with Gasteiger partial charge in [0.2, 0.25) is 0 Å². The lowest BCUT2D eigenvalue weighted by atomic mass is 9.95. The van der Waals surface area contributed by atoms with Crippen LogP contribution < -0.4 is 5.32 Å². The summed E-state index contributed by atoms with van der Waals surface area (Å²) in [5.74, 6) is 6.62. The van der Waals surface area contributed by atoms with E-state index in [9.17, 15) is 9.59 Å². The number of rotatable bonds is 5. The van der Waals surface area contributed by atoms with Crippen molar-refractivity contribution in [1.29, 1.82) is 0 Å². The molecule has 1 N–H and O–H groups in total. The van der Waals surface area contributed by atoms with Crippen molar-refractivity contribution < 1.29 is 14.3 Å². The van der Waals surface area contributed by atoms with Crippen LogP contribution in [0.1, 0.15) is 52.7 Å². The second-order valence-electron chi connectivity index (χ2n) is 9.46. The van der Waals surface area contributed by atoms with Crippen LogP contribution in [0.4, 0.5) is 4.79 Å². The van der Waals surface area contributed by atoms with Gasteiger partial charge in [-0.1, -0.05) is 66.4 Å². The van der Waals surface area contributed by atoms with Gasteiger partial charge in [-0.15, -0.1) is 0 Å². The zero-order valence-electron chi connectivity index (χ0n) is 20.5. The number of amides is 2. The maximum Gasteiger partial charge on any atom is 0.411 e. The van der Waals surface area contributed by atoms with Gasteiger partial charge in [0.25, 0.3) is 5.91 Å². The number of nitrogens with one attached hydrogen (secondary N) is 1. The normalized spacial score (nSPS) is 16.7. The van der Waals surface area contributed by atoms with Gasteiger partial charge in [-0.25, -0.2) is 4.79 Å². The van der Waals surface area contributed by atoms with Gasteiger partial charge in [0.15, 0.2) is 0 Å². The second-order valence-corrected chi connectivity index (χ2v) is 9.46. The van der Waals surface area contributed by atoms with E-state index in [1.807, 2.05) is 66.7 Å². The third-order valence-corrected chi connectivity index (χ3v) is 6.77. The van der Waals surface area contributed by atoms with Crippen molar-refractivity contribution in [3.63, 3.8) is 0 Å². The Bertz CT molecular complexity index is 1300. The van der Waals surface area contributed by atoms with Crippen molar-refractivity contribution in [2.75, 3.05) is 6.54 Å². The molecule has 1 aliphatic heterocycles. The van der Waals surface area contributed by atoms with Crippen LogP contribution in [0, 0.1) is 18.8 Å². The second kappa shape index (κ2) is 10.7. The van der Waals surface area contributed by atoms with Gasteiger partial charge in [-0.2, -0.15) is 0 Å². The summed E-state index contributed by atoms with van der Waals surface area (Å²) in [4.78, 5) is 26.7. The summed E-state index contributed by atoms with van der Waals surface area (Å²) >= 11 is 0. The first-order valence-electron chi connectivity index (χ1n) is 12.6. The molecule has 0 bridgehead atoms. The lowest BCUT2D eigenvalue weighted by Gasteiger charge is -2.20. The molecule has 5 rings (SSSR count). The number of likely N-dealkylation sites (tertiary alicyclic amines) is 1. The summed E-state index contributed by atoms with van der Waals surface area (Å²) in [6.07, 6.45) is 3.59. The first kappa shape index (κ1) is 23.7. The maximum atomic E-state index is 12.7. The smallest absolute Gasteiger partial charge is 0.411 e. The van der Waals surface area contributed by atoms with E-state index in [4.69, 9.17) is 4.74 Å². The number of hydrogen-bond acceptors (Lipinski definition) is 3. The van der Waals surface area contributed by atoms with E-state index in [0.29, 0.717) is 18.2 Å². The highest BCUT2D eigenvalue weighted by Crippen LogP contribution is 2.27. The minimum absolute atomic E-state index is 0.0104. The number of hydrogen-bond donors (Lipinski definition) is 1. The summed E-state index contributed by atoms with van der Waals surface area (Å²) in [7, 11) is 0. The van der Waals surface area contributed by atoms with Gasteiger partial charge in [-0.3, -0.25) is 9.69 Å². The van der Waals surface area contributed by atoms with Gasteiger partial charge in [-0.05, 0) is 73.1 Å². The molecule has 5 heteroatoms. The predicted octanol–water partition coefficient (Wildman–Crippen LogP) is 5.71. The fourth-order valence-electron chi connectivity index (χ4n) is 4.48. The van der Waals surface area contributed by atoms with Crippen molar-refractivity contribution in [2.45, 2.75) is 51.3 Å². The van der Waals surface area contributed by atoms with E-state index in [1.165, 1.54) is 0 Å². The third kappa shape index (κ3) is 5.60. The molecule has 36 heavy (non-hydrogen) atoms. The summed E-state index contributed by atoms with van der Waals surface area (Å²) in [5.41, 5.74) is 5.80. The third-order valence-electron chi connectivity index (χ3n) is 6.77. The summed E-state index contributed by atoms with van der Waals surface area (Å²) < 4.78 is 5.54. The lowest BCUT2D eigenvalue weighted by Crippen LogP contribution is -2.35. The molecule has 2 fully saturated rings. The largest absolute Gasteiger partial charge is 0.445 e. The van der Waals surface area contributed by atoms with Crippen molar-refractivity contribution in [2.24, 2.45) is 0 Å². The molecule has 3 aromatic rings. The molecule has 0 aromatic heterocycles. The first-order chi connectivity index (χ1) is 17.6.